The second kappa shape index (κ2) is 4.63. The smallest absolute Gasteiger partial charge is 0.224 e. The number of carbonyl (C=O) groups is 1. The van der Waals surface area contributed by atoms with Gasteiger partial charge in [-0.15, -0.1) is 11.3 Å². The Morgan fingerprint density at radius 1 is 1.61 bits per heavy atom. The first-order chi connectivity index (χ1) is 8.65. The van der Waals surface area contributed by atoms with Crippen molar-refractivity contribution in [2.45, 2.75) is 51.2 Å². The largest absolute Gasteiger partial charge is 0.338 e. The average molecular weight is 265 g/mol. The van der Waals surface area contributed by atoms with Gasteiger partial charge in [-0.05, 0) is 26.7 Å². The predicted molar refractivity (Wildman–Crippen MR) is 71.5 cm³/mol. The summed E-state index contributed by atoms with van der Waals surface area (Å²) in [6.07, 6.45) is 2.95. The van der Waals surface area contributed by atoms with Gasteiger partial charge in [0.25, 0.3) is 0 Å². The van der Waals surface area contributed by atoms with Crippen LogP contribution < -0.4 is 5.32 Å². The van der Waals surface area contributed by atoms with Crippen molar-refractivity contribution in [3.63, 3.8) is 0 Å². The maximum atomic E-state index is 11.9. The molecule has 5 heteroatoms. The molecule has 1 aromatic heterocycles. The first-order valence-corrected chi connectivity index (χ1v) is 7.50. The minimum atomic E-state index is 0.238. The number of amides is 1. The van der Waals surface area contributed by atoms with Gasteiger partial charge in [0.15, 0.2) is 0 Å². The monoisotopic (exact) mass is 265 g/mol. The molecule has 18 heavy (non-hydrogen) atoms. The van der Waals surface area contributed by atoms with E-state index in [-0.39, 0.29) is 6.04 Å². The van der Waals surface area contributed by atoms with Crippen LogP contribution in [0.25, 0.3) is 0 Å². The summed E-state index contributed by atoms with van der Waals surface area (Å²) >= 11 is 1.69. The average Bonchev–Trinajstić information content (AvgIpc) is 2.99. The van der Waals surface area contributed by atoms with Crippen LogP contribution in [-0.4, -0.2) is 34.4 Å². The maximum Gasteiger partial charge on any atom is 0.224 e. The summed E-state index contributed by atoms with van der Waals surface area (Å²) in [7, 11) is 0. The lowest BCUT2D eigenvalue weighted by atomic mass is 10.1. The lowest BCUT2D eigenvalue weighted by molar-refractivity contribution is -0.127. The third-order valence-electron chi connectivity index (χ3n) is 3.95. The van der Waals surface area contributed by atoms with Gasteiger partial charge in [0.2, 0.25) is 5.91 Å². The molecule has 4 nitrogen and oxygen atoms in total. The Balaban J connectivity index is 1.68. The van der Waals surface area contributed by atoms with Crippen LogP contribution in [-0.2, 0) is 4.79 Å². The summed E-state index contributed by atoms with van der Waals surface area (Å²) in [6.45, 7) is 5.11. The van der Waals surface area contributed by atoms with E-state index in [1.54, 1.807) is 11.3 Å². The molecule has 2 aliphatic rings. The molecule has 1 amide bonds. The lowest BCUT2D eigenvalue weighted by Crippen LogP contribution is -2.40. The molecule has 2 saturated heterocycles. The molecule has 2 aliphatic heterocycles. The van der Waals surface area contributed by atoms with Crippen LogP contribution in [0.5, 0.6) is 0 Å². The van der Waals surface area contributed by atoms with Crippen molar-refractivity contribution in [1.29, 1.82) is 0 Å². The Kier molecular flexibility index (Phi) is 3.11. The van der Waals surface area contributed by atoms with Crippen molar-refractivity contribution < 1.29 is 4.79 Å². The van der Waals surface area contributed by atoms with Gasteiger partial charge in [-0.1, -0.05) is 0 Å². The topological polar surface area (TPSA) is 45.2 Å². The maximum absolute atomic E-state index is 11.9. The van der Waals surface area contributed by atoms with E-state index in [0.29, 0.717) is 24.4 Å². The van der Waals surface area contributed by atoms with Crippen LogP contribution in [0.2, 0.25) is 0 Å². The number of carbonyl (C=O) groups excluding carboxylic acids is 1. The Hall–Kier alpha value is -0.940. The van der Waals surface area contributed by atoms with Gasteiger partial charge in [-0.25, -0.2) is 4.98 Å². The summed E-state index contributed by atoms with van der Waals surface area (Å²) in [5.41, 5.74) is 1.08. The van der Waals surface area contributed by atoms with Crippen molar-refractivity contribution in [2.24, 2.45) is 0 Å². The number of aromatic nitrogens is 1. The molecule has 3 heterocycles. The van der Waals surface area contributed by atoms with Gasteiger partial charge in [-0.2, -0.15) is 0 Å². The van der Waals surface area contributed by atoms with Crippen LogP contribution in [0.1, 0.15) is 42.9 Å². The number of aryl methyl sites for hydroxylation is 1. The van der Waals surface area contributed by atoms with E-state index in [9.17, 15) is 4.79 Å². The number of nitrogens with zero attached hydrogens (tertiary/aromatic N) is 2. The van der Waals surface area contributed by atoms with Crippen LogP contribution >= 0.6 is 11.3 Å². The second-order valence-corrected chi connectivity index (χ2v) is 6.21. The molecule has 0 aromatic carbocycles. The molecule has 0 bridgehead atoms. The zero-order chi connectivity index (χ0) is 12.7. The SMILES string of the molecule is Cc1csc(C(C)NC2CC(=O)N3CCCC23)n1. The minimum absolute atomic E-state index is 0.238. The molecule has 3 rings (SSSR count). The third kappa shape index (κ3) is 2.06. The quantitative estimate of drug-likeness (QED) is 0.907. The summed E-state index contributed by atoms with van der Waals surface area (Å²) in [5, 5.41) is 6.80. The lowest BCUT2D eigenvalue weighted by Gasteiger charge is -2.23. The molecular weight excluding hydrogens is 246 g/mol. The van der Waals surface area contributed by atoms with Gasteiger partial charge < -0.3 is 10.2 Å². The molecule has 1 N–H and O–H groups in total. The van der Waals surface area contributed by atoms with Crippen molar-refractivity contribution >= 4 is 17.2 Å². The van der Waals surface area contributed by atoms with E-state index < -0.39 is 0 Å². The van der Waals surface area contributed by atoms with Gasteiger partial charge in [0, 0.05) is 36.1 Å². The zero-order valence-electron chi connectivity index (χ0n) is 10.8. The van der Waals surface area contributed by atoms with Gasteiger partial charge in [0.1, 0.15) is 5.01 Å². The summed E-state index contributed by atoms with van der Waals surface area (Å²) in [4.78, 5) is 18.4. The molecular formula is C13H19N3OS. The van der Waals surface area contributed by atoms with Crippen molar-refractivity contribution in [2.75, 3.05) is 6.54 Å². The van der Waals surface area contributed by atoms with Crippen LogP contribution in [0.3, 0.4) is 0 Å². The molecule has 3 unspecified atom stereocenters. The van der Waals surface area contributed by atoms with Crippen LogP contribution in [0.4, 0.5) is 0 Å². The number of fused-ring (bicyclic) bond motifs is 1. The summed E-state index contributed by atoms with van der Waals surface area (Å²) in [6, 6.07) is 0.960. The number of hydrogen-bond donors (Lipinski definition) is 1. The first-order valence-electron chi connectivity index (χ1n) is 6.62. The normalized spacial score (nSPS) is 28.8. The van der Waals surface area contributed by atoms with Crippen LogP contribution in [0, 0.1) is 6.92 Å². The molecule has 98 valence electrons. The Bertz CT molecular complexity index is 459. The third-order valence-corrected chi connectivity index (χ3v) is 5.10. The van der Waals surface area contributed by atoms with Gasteiger partial charge in [-0.3, -0.25) is 4.79 Å². The predicted octanol–water partition coefficient (Wildman–Crippen LogP) is 1.87. The zero-order valence-corrected chi connectivity index (χ0v) is 11.7. The van der Waals surface area contributed by atoms with Crippen molar-refractivity contribution in [3.05, 3.63) is 16.1 Å². The van der Waals surface area contributed by atoms with Crippen LogP contribution in [0.15, 0.2) is 5.38 Å². The fraction of sp³-hybridized carbons (Fsp3) is 0.692. The van der Waals surface area contributed by atoms with Crippen molar-refractivity contribution in [3.8, 4) is 0 Å². The van der Waals surface area contributed by atoms with Gasteiger partial charge in [0.05, 0.1) is 6.04 Å². The highest BCUT2D eigenvalue weighted by Gasteiger charge is 2.42. The van der Waals surface area contributed by atoms with E-state index in [1.165, 1.54) is 0 Å². The molecule has 0 radical (unpaired) electrons. The highest BCUT2D eigenvalue weighted by Crippen LogP contribution is 2.30. The standard InChI is InChI=1S/C13H19N3OS/c1-8-7-18-13(14-8)9(2)15-10-6-12(17)16-5-3-4-11(10)16/h7,9-11,15H,3-6H2,1-2H3. The van der Waals surface area contributed by atoms with Crippen molar-refractivity contribution in [1.82, 2.24) is 15.2 Å². The Labute approximate surface area is 111 Å². The second-order valence-electron chi connectivity index (χ2n) is 5.32. The number of nitrogens with one attached hydrogen (secondary N) is 1. The highest BCUT2D eigenvalue weighted by molar-refractivity contribution is 7.09. The summed E-state index contributed by atoms with van der Waals surface area (Å²) < 4.78 is 0. The Morgan fingerprint density at radius 2 is 2.44 bits per heavy atom. The fourth-order valence-corrected chi connectivity index (χ4v) is 3.91. The van der Waals surface area contributed by atoms with E-state index in [4.69, 9.17) is 0 Å². The minimum Gasteiger partial charge on any atom is -0.338 e. The molecule has 0 aliphatic carbocycles. The van der Waals surface area contributed by atoms with E-state index in [0.717, 1.165) is 30.1 Å². The summed E-state index contributed by atoms with van der Waals surface area (Å²) in [5.74, 6) is 0.317. The fourth-order valence-electron chi connectivity index (χ4n) is 3.10. The molecule has 0 spiro atoms. The molecule has 2 fully saturated rings. The number of hydrogen-bond acceptors (Lipinski definition) is 4. The van der Waals surface area contributed by atoms with Gasteiger partial charge >= 0.3 is 0 Å². The number of thiazole rings is 1. The Morgan fingerprint density at radius 3 is 3.17 bits per heavy atom. The first kappa shape index (κ1) is 12.1. The van der Waals surface area contributed by atoms with E-state index in [2.05, 4.69) is 27.5 Å². The molecule has 0 saturated carbocycles. The number of rotatable bonds is 3. The van der Waals surface area contributed by atoms with E-state index in [1.807, 2.05) is 6.92 Å². The van der Waals surface area contributed by atoms with E-state index >= 15 is 0 Å². The molecule has 1 aromatic rings. The highest BCUT2D eigenvalue weighted by atomic mass is 32.1. The molecule has 3 atom stereocenters.